The van der Waals surface area contributed by atoms with Crippen LogP contribution in [0.3, 0.4) is 0 Å². The molecule has 5 aromatic rings. The first kappa shape index (κ1) is 39.4. The van der Waals surface area contributed by atoms with Crippen LogP contribution in [0.5, 0.6) is 0 Å². The minimum Gasteiger partial charge on any atom is -0.512 e. The summed E-state index contributed by atoms with van der Waals surface area (Å²) in [5, 5.41) is 13.7. The Morgan fingerprint density at radius 1 is 0.875 bits per heavy atom. The molecule has 3 nitrogen and oxygen atoms in total. The van der Waals surface area contributed by atoms with Crippen LogP contribution in [0, 0.1) is 24.8 Å². The standard InChI is InChI=1S/C27H21F3NS.C13H24O2.Ir/c1-15-21(27(28,29)30)10-9-19-20-11-12-31-23(25(20)32-24(15)19)17-13-16-7-5-6-8-18(16)22(14-17)26(2,3)4;1-5-10(6-2)12(14)9-13(15)11(7-3)8-4;/h5-12,14H,1-4H3;9-11,14H,5-8H2,1-4H3;/q-1;;/b;12-9-;. The van der Waals surface area contributed by atoms with Gasteiger partial charge < -0.3 is 5.11 Å². The van der Waals surface area contributed by atoms with E-state index in [0.717, 1.165) is 63.2 Å². The predicted octanol–water partition coefficient (Wildman–Crippen LogP) is 12.6. The zero-order valence-corrected chi connectivity index (χ0v) is 32.1. The Morgan fingerprint density at radius 3 is 2.06 bits per heavy atom. The van der Waals surface area contributed by atoms with Crippen molar-refractivity contribution >= 4 is 48.1 Å². The van der Waals surface area contributed by atoms with Gasteiger partial charge in [-0.25, -0.2) is 0 Å². The number of allylic oxidation sites excluding steroid dienone is 2. The van der Waals surface area contributed by atoms with Gasteiger partial charge in [0.1, 0.15) is 0 Å². The van der Waals surface area contributed by atoms with E-state index < -0.39 is 11.7 Å². The van der Waals surface area contributed by atoms with E-state index in [1.54, 1.807) is 19.2 Å². The Hall–Kier alpha value is -3.06. The quantitative estimate of drug-likeness (QED) is 0.0961. The number of hydrogen-bond acceptors (Lipinski definition) is 4. The van der Waals surface area contributed by atoms with Gasteiger partial charge in [0.05, 0.1) is 11.3 Å². The average molecular weight is 853 g/mol. The number of halogens is 3. The van der Waals surface area contributed by atoms with Gasteiger partial charge in [0.15, 0.2) is 5.78 Å². The summed E-state index contributed by atoms with van der Waals surface area (Å²) in [6.45, 7) is 16.1. The molecule has 0 atom stereocenters. The van der Waals surface area contributed by atoms with Gasteiger partial charge in [-0.05, 0) is 61.1 Å². The van der Waals surface area contributed by atoms with Crippen LogP contribution in [0.1, 0.15) is 90.8 Å². The molecule has 0 saturated carbocycles. The molecular formula is C40H45F3IrNO2S-. The fourth-order valence-corrected chi connectivity index (χ4v) is 7.46. The third-order valence-electron chi connectivity index (χ3n) is 9.03. The number of carbonyl (C=O) groups is 1. The first-order valence-corrected chi connectivity index (χ1v) is 17.3. The number of benzene rings is 3. The molecule has 0 aliphatic rings. The number of aliphatic hydroxyl groups excluding tert-OH is 1. The van der Waals surface area contributed by atoms with Crippen molar-refractivity contribution in [3.05, 3.63) is 89.3 Å². The predicted molar refractivity (Wildman–Crippen MR) is 191 cm³/mol. The first-order chi connectivity index (χ1) is 22.2. The Labute approximate surface area is 300 Å². The van der Waals surface area contributed by atoms with Gasteiger partial charge in [-0.3, -0.25) is 9.78 Å². The molecule has 0 fully saturated rings. The second kappa shape index (κ2) is 16.1. The maximum atomic E-state index is 13.5. The van der Waals surface area contributed by atoms with Crippen LogP contribution < -0.4 is 0 Å². The summed E-state index contributed by atoms with van der Waals surface area (Å²) in [6, 6.07) is 18.4. The third-order valence-corrected chi connectivity index (χ3v) is 10.4. The van der Waals surface area contributed by atoms with Gasteiger partial charge in [-0.2, -0.15) is 13.2 Å². The van der Waals surface area contributed by atoms with E-state index in [1.807, 2.05) is 52.0 Å². The molecule has 5 rings (SSSR count). The van der Waals surface area contributed by atoms with Crippen LogP contribution in [0.2, 0.25) is 0 Å². The van der Waals surface area contributed by atoms with Gasteiger partial charge in [0.25, 0.3) is 0 Å². The van der Waals surface area contributed by atoms with Crippen LogP contribution in [-0.4, -0.2) is 15.9 Å². The summed E-state index contributed by atoms with van der Waals surface area (Å²) in [5.74, 6) is 0.547. The molecule has 2 heterocycles. The number of aliphatic hydroxyl groups is 1. The van der Waals surface area contributed by atoms with Crippen molar-refractivity contribution in [2.45, 2.75) is 92.7 Å². The molecule has 259 valence electrons. The summed E-state index contributed by atoms with van der Waals surface area (Å²) in [4.78, 5) is 16.4. The van der Waals surface area contributed by atoms with Crippen molar-refractivity contribution in [3.63, 3.8) is 0 Å². The second-order valence-corrected chi connectivity index (χ2v) is 14.2. The van der Waals surface area contributed by atoms with E-state index in [0.29, 0.717) is 4.70 Å². The van der Waals surface area contributed by atoms with Gasteiger partial charge in [-0.15, -0.1) is 40.5 Å². The molecule has 3 aromatic carbocycles. The molecule has 0 aliphatic heterocycles. The smallest absolute Gasteiger partial charge is 0.416 e. The van der Waals surface area contributed by atoms with E-state index in [2.05, 4.69) is 44.0 Å². The van der Waals surface area contributed by atoms with Crippen LogP contribution in [0.25, 0.3) is 42.2 Å². The molecule has 48 heavy (non-hydrogen) atoms. The Morgan fingerprint density at radius 2 is 1.48 bits per heavy atom. The van der Waals surface area contributed by atoms with E-state index in [9.17, 15) is 23.1 Å². The van der Waals surface area contributed by atoms with Crippen molar-refractivity contribution in [2.75, 3.05) is 0 Å². The number of rotatable bonds is 8. The zero-order valence-electron chi connectivity index (χ0n) is 28.9. The normalized spacial score (nSPS) is 12.5. The SMILES string of the molecule is CCC(CC)C(=O)/C=C(\O)C(CC)CC.Cc1c(C(F)(F)F)ccc2c1sc1c(-c3[c-]c4ccccc4c(C(C)(C)C)c3)nccc12.[Ir]. The molecule has 2 aromatic heterocycles. The largest absolute Gasteiger partial charge is 0.512 e. The fraction of sp³-hybridized carbons (Fsp3) is 0.400. The van der Waals surface area contributed by atoms with Crippen molar-refractivity contribution in [3.8, 4) is 11.3 Å². The molecule has 0 saturated heterocycles. The summed E-state index contributed by atoms with van der Waals surface area (Å²) in [6.07, 6.45) is 2.27. The number of fused-ring (bicyclic) bond motifs is 4. The first-order valence-electron chi connectivity index (χ1n) is 16.4. The van der Waals surface area contributed by atoms with E-state index in [4.69, 9.17) is 0 Å². The van der Waals surface area contributed by atoms with Crippen LogP contribution >= 0.6 is 11.3 Å². The zero-order chi connectivity index (χ0) is 34.7. The molecule has 1 radical (unpaired) electrons. The van der Waals surface area contributed by atoms with Crippen molar-refractivity contribution < 1.29 is 43.2 Å². The van der Waals surface area contributed by atoms with Gasteiger partial charge >= 0.3 is 6.18 Å². The summed E-state index contributed by atoms with van der Waals surface area (Å²) < 4.78 is 41.9. The van der Waals surface area contributed by atoms with Crippen LogP contribution in [0.15, 0.2) is 66.6 Å². The minimum atomic E-state index is -4.37. The van der Waals surface area contributed by atoms with Gasteiger partial charge in [0.2, 0.25) is 0 Å². The van der Waals surface area contributed by atoms with Crippen molar-refractivity contribution in [2.24, 2.45) is 11.8 Å². The van der Waals surface area contributed by atoms with E-state index >= 15 is 0 Å². The number of thiophene rings is 1. The number of alkyl halides is 3. The summed E-state index contributed by atoms with van der Waals surface area (Å²) in [7, 11) is 0. The molecule has 0 aliphatic carbocycles. The molecule has 0 unspecified atom stereocenters. The molecule has 0 spiro atoms. The Balaban J connectivity index is 0.000000334. The number of nitrogens with zero attached hydrogens (tertiary/aromatic N) is 1. The maximum Gasteiger partial charge on any atom is 0.416 e. The monoisotopic (exact) mass is 853 g/mol. The molecule has 8 heteroatoms. The van der Waals surface area contributed by atoms with Gasteiger partial charge in [-0.1, -0.05) is 83.7 Å². The Kier molecular flexibility index (Phi) is 13.2. The second-order valence-electron chi connectivity index (χ2n) is 13.1. The minimum absolute atomic E-state index is 0. The number of hydrogen-bond donors (Lipinski definition) is 1. The van der Waals surface area contributed by atoms with Gasteiger partial charge in [0, 0.05) is 64.7 Å². The number of carbonyl (C=O) groups excluding carboxylic acids is 1. The Bertz CT molecular complexity index is 1910. The number of aromatic nitrogens is 1. The van der Waals surface area contributed by atoms with E-state index in [1.165, 1.54) is 29.0 Å². The third kappa shape index (κ3) is 8.38. The molecule has 0 bridgehead atoms. The van der Waals surface area contributed by atoms with Crippen LogP contribution in [-0.2, 0) is 36.5 Å². The van der Waals surface area contributed by atoms with Crippen LogP contribution in [0.4, 0.5) is 13.2 Å². The van der Waals surface area contributed by atoms with Crippen molar-refractivity contribution in [1.82, 2.24) is 4.98 Å². The topological polar surface area (TPSA) is 50.2 Å². The number of ketones is 1. The molecular weight excluding hydrogens is 808 g/mol. The summed E-state index contributed by atoms with van der Waals surface area (Å²) >= 11 is 1.38. The van der Waals surface area contributed by atoms with Crippen molar-refractivity contribution in [1.29, 1.82) is 0 Å². The fourth-order valence-electron chi connectivity index (χ4n) is 6.16. The molecule has 0 amide bonds. The average Bonchev–Trinajstić information content (AvgIpc) is 3.41. The number of aryl methyl sites for hydroxylation is 1. The number of pyridine rings is 1. The molecule has 1 N–H and O–H groups in total. The maximum absolute atomic E-state index is 13.5. The van der Waals surface area contributed by atoms with E-state index in [-0.39, 0.29) is 54.5 Å². The summed E-state index contributed by atoms with van der Waals surface area (Å²) in [5.41, 5.74) is 2.40.